The van der Waals surface area contributed by atoms with Crippen LogP contribution in [0.25, 0.3) is 0 Å². The summed E-state index contributed by atoms with van der Waals surface area (Å²) in [5, 5.41) is 9.95. The molecule has 0 fully saturated rings. The number of ether oxygens (including phenoxy) is 3. The van der Waals surface area contributed by atoms with E-state index in [9.17, 15) is 0 Å². The Balaban J connectivity index is 0.00000480. The lowest BCUT2D eigenvalue weighted by Crippen LogP contribution is -2.38. The van der Waals surface area contributed by atoms with Gasteiger partial charge in [-0.15, -0.1) is 35.3 Å². The van der Waals surface area contributed by atoms with E-state index in [1.807, 2.05) is 19.1 Å². The molecule has 9 heteroatoms. The minimum atomic E-state index is 0. The van der Waals surface area contributed by atoms with Crippen molar-refractivity contribution >= 4 is 41.3 Å². The van der Waals surface area contributed by atoms with Crippen LogP contribution in [0.1, 0.15) is 44.0 Å². The molecule has 0 radical (unpaired) electrons. The Labute approximate surface area is 207 Å². The number of thiazole rings is 1. The van der Waals surface area contributed by atoms with E-state index in [2.05, 4.69) is 36.8 Å². The van der Waals surface area contributed by atoms with Crippen molar-refractivity contribution in [1.29, 1.82) is 0 Å². The fourth-order valence-electron chi connectivity index (χ4n) is 2.80. The predicted molar refractivity (Wildman–Crippen MR) is 139 cm³/mol. The van der Waals surface area contributed by atoms with Crippen LogP contribution in [0, 0.1) is 0 Å². The summed E-state index contributed by atoms with van der Waals surface area (Å²) in [6.45, 7) is 10.6. The van der Waals surface area contributed by atoms with Gasteiger partial charge in [0.1, 0.15) is 0 Å². The third-order valence-electron chi connectivity index (χ3n) is 4.44. The number of nitrogens with one attached hydrogen (secondary N) is 2. The van der Waals surface area contributed by atoms with Crippen molar-refractivity contribution in [2.45, 2.75) is 46.1 Å². The minimum absolute atomic E-state index is 0. The molecule has 0 saturated carbocycles. The first-order chi connectivity index (χ1) is 14.3. The average molecular weight is 563 g/mol. The van der Waals surface area contributed by atoms with Gasteiger partial charge in [-0.05, 0) is 24.6 Å². The van der Waals surface area contributed by atoms with Crippen molar-refractivity contribution < 1.29 is 14.2 Å². The molecular weight excluding hydrogens is 527 g/mol. The van der Waals surface area contributed by atoms with Gasteiger partial charge in [0.25, 0.3) is 0 Å². The number of methoxy groups -OCH3 is 3. The predicted octanol–water partition coefficient (Wildman–Crippen LogP) is 4.38. The van der Waals surface area contributed by atoms with Gasteiger partial charge >= 0.3 is 0 Å². The second-order valence-electron chi connectivity index (χ2n) is 7.78. The molecule has 174 valence electrons. The molecule has 2 rings (SSSR count). The maximum absolute atomic E-state index is 5.42. The molecule has 1 aromatic carbocycles. The summed E-state index contributed by atoms with van der Waals surface area (Å²) in [5.41, 5.74) is 2.20. The van der Waals surface area contributed by atoms with E-state index in [1.165, 1.54) is 0 Å². The molecule has 2 aromatic rings. The standard InChI is InChI=1S/C22H34N4O3S.HI/c1-8-23-21(24-10-9-19-26-18(14-30-19)22(2,3)4)25-13-15-11-16(27-5)20(29-7)17(12-15)28-6;/h11-12,14H,8-10,13H2,1-7H3,(H2,23,24,25);1H. The van der Waals surface area contributed by atoms with Crippen LogP contribution in [0.4, 0.5) is 0 Å². The Bertz CT molecular complexity index is 825. The number of hydrogen-bond acceptors (Lipinski definition) is 6. The first kappa shape index (κ1) is 27.3. The van der Waals surface area contributed by atoms with Gasteiger partial charge < -0.3 is 24.8 Å². The monoisotopic (exact) mass is 562 g/mol. The molecule has 31 heavy (non-hydrogen) atoms. The number of hydrogen-bond donors (Lipinski definition) is 2. The zero-order valence-corrected chi connectivity index (χ0v) is 22.6. The van der Waals surface area contributed by atoms with E-state index in [-0.39, 0.29) is 29.4 Å². The van der Waals surface area contributed by atoms with E-state index in [0.29, 0.717) is 23.8 Å². The third-order valence-corrected chi connectivity index (χ3v) is 5.35. The first-order valence-electron chi connectivity index (χ1n) is 10.1. The molecule has 0 aliphatic carbocycles. The lowest BCUT2D eigenvalue weighted by atomic mass is 9.93. The van der Waals surface area contributed by atoms with Crippen LogP contribution in [0.15, 0.2) is 22.5 Å². The fourth-order valence-corrected chi connectivity index (χ4v) is 3.82. The topological polar surface area (TPSA) is 77.0 Å². The maximum atomic E-state index is 5.42. The SMILES string of the molecule is CCNC(=NCc1cc(OC)c(OC)c(OC)c1)NCCc1nc(C(C)(C)C)cs1.I. The van der Waals surface area contributed by atoms with Crippen LogP contribution in [-0.2, 0) is 18.4 Å². The van der Waals surface area contributed by atoms with E-state index in [1.54, 1.807) is 32.7 Å². The molecule has 0 amide bonds. The largest absolute Gasteiger partial charge is 0.493 e. The summed E-state index contributed by atoms with van der Waals surface area (Å²) >= 11 is 1.71. The maximum Gasteiger partial charge on any atom is 0.203 e. The molecule has 2 N–H and O–H groups in total. The molecular formula is C22H35IN4O3S. The fraction of sp³-hybridized carbons (Fsp3) is 0.545. The second kappa shape index (κ2) is 12.9. The lowest BCUT2D eigenvalue weighted by molar-refractivity contribution is 0.324. The number of benzene rings is 1. The lowest BCUT2D eigenvalue weighted by Gasteiger charge is -2.15. The number of aliphatic imine (C=N–C) groups is 1. The van der Waals surface area contributed by atoms with Gasteiger partial charge in [-0.1, -0.05) is 20.8 Å². The molecule has 0 aliphatic heterocycles. The Morgan fingerprint density at radius 2 is 1.71 bits per heavy atom. The van der Waals surface area contributed by atoms with Crippen molar-refractivity contribution in [2.75, 3.05) is 34.4 Å². The zero-order valence-electron chi connectivity index (χ0n) is 19.5. The number of halogens is 1. The Hall–Kier alpha value is -1.75. The Kier molecular flexibility index (Phi) is 11.4. The van der Waals surface area contributed by atoms with Gasteiger partial charge in [-0.3, -0.25) is 0 Å². The quantitative estimate of drug-likeness (QED) is 0.269. The summed E-state index contributed by atoms with van der Waals surface area (Å²) in [6, 6.07) is 3.83. The first-order valence-corrected chi connectivity index (χ1v) is 11.0. The van der Waals surface area contributed by atoms with Crippen LogP contribution < -0.4 is 24.8 Å². The molecule has 7 nitrogen and oxygen atoms in total. The second-order valence-corrected chi connectivity index (χ2v) is 8.72. The number of guanidine groups is 1. The number of rotatable bonds is 9. The zero-order chi connectivity index (χ0) is 22.1. The van der Waals surface area contributed by atoms with Gasteiger partial charge in [0, 0.05) is 30.3 Å². The average Bonchev–Trinajstić information content (AvgIpc) is 3.20. The Morgan fingerprint density at radius 1 is 1.06 bits per heavy atom. The van der Waals surface area contributed by atoms with Crippen molar-refractivity contribution in [3.8, 4) is 17.2 Å². The van der Waals surface area contributed by atoms with Crippen molar-refractivity contribution in [3.05, 3.63) is 33.8 Å². The van der Waals surface area contributed by atoms with Crippen molar-refractivity contribution in [1.82, 2.24) is 15.6 Å². The van der Waals surface area contributed by atoms with E-state index >= 15 is 0 Å². The number of nitrogens with zero attached hydrogens (tertiary/aromatic N) is 2. The van der Waals surface area contributed by atoms with Crippen LogP contribution in [0.3, 0.4) is 0 Å². The van der Waals surface area contributed by atoms with Crippen LogP contribution in [0.5, 0.6) is 17.2 Å². The normalized spacial score (nSPS) is 11.5. The van der Waals surface area contributed by atoms with Gasteiger partial charge in [0.05, 0.1) is 38.6 Å². The summed E-state index contributed by atoms with van der Waals surface area (Å²) in [5.74, 6) is 2.59. The van der Waals surface area contributed by atoms with E-state index in [0.717, 1.165) is 41.7 Å². The highest BCUT2D eigenvalue weighted by molar-refractivity contribution is 14.0. The molecule has 0 unspecified atom stereocenters. The molecule has 0 spiro atoms. The highest BCUT2D eigenvalue weighted by atomic mass is 127. The summed E-state index contributed by atoms with van der Waals surface area (Å²) in [7, 11) is 4.82. The van der Waals surface area contributed by atoms with Crippen LogP contribution in [0.2, 0.25) is 0 Å². The van der Waals surface area contributed by atoms with Gasteiger partial charge in [0.15, 0.2) is 17.5 Å². The highest BCUT2D eigenvalue weighted by Crippen LogP contribution is 2.38. The van der Waals surface area contributed by atoms with E-state index in [4.69, 9.17) is 24.2 Å². The molecule has 0 saturated heterocycles. The van der Waals surface area contributed by atoms with Crippen molar-refractivity contribution in [2.24, 2.45) is 4.99 Å². The molecule has 0 bridgehead atoms. The molecule has 1 aromatic heterocycles. The van der Waals surface area contributed by atoms with Crippen LogP contribution >= 0.6 is 35.3 Å². The van der Waals surface area contributed by atoms with Crippen LogP contribution in [-0.4, -0.2) is 45.4 Å². The smallest absolute Gasteiger partial charge is 0.203 e. The third kappa shape index (κ3) is 8.03. The van der Waals surface area contributed by atoms with E-state index < -0.39 is 0 Å². The molecule has 0 aliphatic rings. The summed E-state index contributed by atoms with van der Waals surface area (Å²) in [6.07, 6.45) is 0.856. The van der Waals surface area contributed by atoms with Gasteiger partial charge in [0.2, 0.25) is 5.75 Å². The van der Waals surface area contributed by atoms with Gasteiger partial charge in [-0.2, -0.15) is 0 Å². The summed E-state index contributed by atoms with van der Waals surface area (Å²) < 4.78 is 16.2. The molecule has 0 atom stereocenters. The van der Waals surface area contributed by atoms with Gasteiger partial charge in [-0.25, -0.2) is 9.98 Å². The minimum Gasteiger partial charge on any atom is -0.493 e. The number of aromatic nitrogens is 1. The summed E-state index contributed by atoms with van der Waals surface area (Å²) in [4.78, 5) is 9.44. The highest BCUT2D eigenvalue weighted by Gasteiger charge is 2.17. The Morgan fingerprint density at radius 3 is 2.19 bits per heavy atom. The molecule has 1 heterocycles. The van der Waals surface area contributed by atoms with Crippen molar-refractivity contribution in [3.63, 3.8) is 0 Å².